The van der Waals surface area contributed by atoms with Gasteiger partial charge in [-0.3, -0.25) is 14.4 Å². The highest BCUT2D eigenvalue weighted by atomic mass is 16.5. The third kappa shape index (κ3) is 5.26. The second-order valence-corrected chi connectivity index (χ2v) is 5.49. The lowest BCUT2D eigenvalue weighted by Gasteiger charge is -2.14. The number of methoxy groups -OCH3 is 1. The number of esters is 1. The molecule has 1 N–H and O–H groups in total. The number of rotatable bonds is 8. The summed E-state index contributed by atoms with van der Waals surface area (Å²) in [5, 5.41) is 2.69. The number of nitrogens with one attached hydrogen (secondary N) is 1. The van der Waals surface area contributed by atoms with E-state index in [0.717, 1.165) is 17.7 Å². The minimum atomic E-state index is -0.565. The summed E-state index contributed by atoms with van der Waals surface area (Å²) in [7, 11) is 1.60. The first-order valence-corrected chi connectivity index (χ1v) is 7.92. The lowest BCUT2D eigenvalue weighted by molar-refractivity contribution is -0.151. The first kappa shape index (κ1) is 17.8. The minimum absolute atomic E-state index is 0.0480. The number of ether oxygens (including phenoxy) is 2. The molecule has 1 aliphatic heterocycles. The van der Waals surface area contributed by atoms with Crippen molar-refractivity contribution >= 4 is 17.8 Å². The highest BCUT2D eigenvalue weighted by molar-refractivity contribution is 5.85. The molecule has 7 heteroatoms. The summed E-state index contributed by atoms with van der Waals surface area (Å²) in [6.45, 7) is 0.556. The molecule has 0 unspecified atom stereocenters. The summed E-state index contributed by atoms with van der Waals surface area (Å²) in [5.74, 6) is -0.210. The van der Waals surface area contributed by atoms with Crippen LogP contribution >= 0.6 is 0 Å². The highest BCUT2D eigenvalue weighted by Crippen LogP contribution is 2.17. The van der Waals surface area contributed by atoms with E-state index in [9.17, 15) is 14.4 Å². The average Bonchev–Trinajstić information content (AvgIpc) is 2.98. The van der Waals surface area contributed by atoms with E-state index in [1.807, 2.05) is 24.3 Å². The van der Waals surface area contributed by atoms with Gasteiger partial charge < -0.3 is 19.7 Å². The largest absolute Gasteiger partial charge is 0.496 e. The molecule has 2 amide bonds. The lowest BCUT2D eigenvalue weighted by atomic mass is 10.1. The summed E-state index contributed by atoms with van der Waals surface area (Å²) in [4.78, 5) is 36.2. The van der Waals surface area contributed by atoms with Gasteiger partial charge in [0.15, 0.2) is 6.61 Å². The Morgan fingerprint density at radius 2 is 2.08 bits per heavy atom. The Balaban J connectivity index is 1.64. The lowest BCUT2D eigenvalue weighted by Crippen LogP contribution is -2.35. The maximum absolute atomic E-state index is 11.7. The first-order chi connectivity index (χ1) is 11.6. The van der Waals surface area contributed by atoms with Gasteiger partial charge in [0.1, 0.15) is 12.3 Å². The normalized spacial score (nSPS) is 13.7. The van der Waals surface area contributed by atoms with Gasteiger partial charge in [0.05, 0.1) is 7.11 Å². The van der Waals surface area contributed by atoms with E-state index < -0.39 is 5.97 Å². The van der Waals surface area contributed by atoms with E-state index in [1.165, 1.54) is 4.90 Å². The van der Waals surface area contributed by atoms with Crippen LogP contribution in [0.1, 0.15) is 18.4 Å². The molecule has 1 fully saturated rings. The van der Waals surface area contributed by atoms with Crippen LogP contribution in [0.4, 0.5) is 0 Å². The Bertz CT molecular complexity index is 602. The molecular weight excluding hydrogens is 312 g/mol. The van der Waals surface area contributed by atoms with Crippen LogP contribution in [0.15, 0.2) is 24.3 Å². The van der Waals surface area contributed by atoms with Crippen molar-refractivity contribution < 1.29 is 23.9 Å². The van der Waals surface area contributed by atoms with Gasteiger partial charge in [-0.1, -0.05) is 18.2 Å². The number of carbonyl (C=O) groups excluding carboxylic acids is 3. The van der Waals surface area contributed by atoms with Gasteiger partial charge in [-0.2, -0.15) is 0 Å². The van der Waals surface area contributed by atoms with Crippen molar-refractivity contribution in [3.8, 4) is 5.75 Å². The van der Waals surface area contributed by atoms with Crippen molar-refractivity contribution in [2.75, 3.05) is 33.4 Å². The summed E-state index contributed by atoms with van der Waals surface area (Å²) >= 11 is 0. The average molecular weight is 334 g/mol. The van der Waals surface area contributed by atoms with E-state index in [-0.39, 0.29) is 25.0 Å². The number of para-hydroxylation sites is 1. The molecule has 1 heterocycles. The minimum Gasteiger partial charge on any atom is -0.496 e. The second kappa shape index (κ2) is 8.90. The quantitative estimate of drug-likeness (QED) is 0.701. The van der Waals surface area contributed by atoms with Gasteiger partial charge >= 0.3 is 5.97 Å². The third-order valence-corrected chi connectivity index (χ3v) is 3.76. The van der Waals surface area contributed by atoms with E-state index in [1.54, 1.807) is 7.11 Å². The molecule has 0 atom stereocenters. The molecule has 0 aliphatic carbocycles. The molecule has 0 radical (unpaired) electrons. The first-order valence-electron chi connectivity index (χ1n) is 7.92. The van der Waals surface area contributed by atoms with Gasteiger partial charge in [0.25, 0.3) is 5.91 Å². The van der Waals surface area contributed by atoms with Crippen LogP contribution in [0.5, 0.6) is 5.75 Å². The zero-order valence-corrected chi connectivity index (χ0v) is 13.7. The Labute approximate surface area is 140 Å². The van der Waals surface area contributed by atoms with Crippen LogP contribution in [-0.2, 0) is 25.5 Å². The molecule has 130 valence electrons. The van der Waals surface area contributed by atoms with E-state index in [4.69, 9.17) is 9.47 Å². The van der Waals surface area contributed by atoms with Crippen molar-refractivity contribution in [3.63, 3.8) is 0 Å². The fourth-order valence-corrected chi connectivity index (χ4v) is 2.52. The standard InChI is InChI=1S/C17H22N2O5/c1-23-14-6-3-2-5-13(14)8-9-18-15(20)12-24-17(22)11-19-10-4-7-16(19)21/h2-3,5-6H,4,7-12H2,1H3,(H,18,20). The number of amides is 2. The van der Waals surface area contributed by atoms with E-state index in [2.05, 4.69) is 5.32 Å². The maximum atomic E-state index is 11.7. The summed E-state index contributed by atoms with van der Waals surface area (Å²) in [6, 6.07) is 7.57. The fraction of sp³-hybridized carbons (Fsp3) is 0.471. The van der Waals surface area contributed by atoms with Gasteiger partial charge in [0.2, 0.25) is 5.91 Å². The summed E-state index contributed by atoms with van der Waals surface area (Å²) < 4.78 is 10.1. The van der Waals surface area contributed by atoms with E-state index >= 15 is 0 Å². The van der Waals surface area contributed by atoms with Gasteiger partial charge in [-0.15, -0.1) is 0 Å². The fourth-order valence-electron chi connectivity index (χ4n) is 2.52. The monoisotopic (exact) mass is 334 g/mol. The Hall–Kier alpha value is -2.57. The molecule has 0 saturated carbocycles. The van der Waals surface area contributed by atoms with Crippen molar-refractivity contribution in [2.45, 2.75) is 19.3 Å². The molecule has 1 aromatic carbocycles. The smallest absolute Gasteiger partial charge is 0.326 e. The summed E-state index contributed by atoms with van der Waals surface area (Å²) in [5.41, 5.74) is 0.991. The molecule has 1 aliphatic rings. The van der Waals surface area contributed by atoms with Crippen molar-refractivity contribution in [3.05, 3.63) is 29.8 Å². The highest BCUT2D eigenvalue weighted by Gasteiger charge is 2.23. The molecular formula is C17H22N2O5. The Kier molecular flexibility index (Phi) is 6.60. The zero-order chi connectivity index (χ0) is 17.4. The van der Waals surface area contributed by atoms with Gasteiger partial charge in [-0.25, -0.2) is 0 Å². The zero-order valence-electron chi connectivity index (χ0n) is 13.7. The number of hydrogen-bond acceptors (Lipinski definition) is 5. The number of benzene rings is 1. The molecule has 7 nitrogen and oxygen atoms in total. The summed E-state index contributed by atoms with van der Waals surface area (Å²) in [6.07, 6.45) is 1.85. The van der Waals surface area contributed by atoms with Gasteiger partial charge in [-0.05, 0) is 24.5 Å². The van der Waals surface area contributed by atoms with Crippen LogP contribution in [0.25, 0.3) is 0 Å². The predicted octanol–water partition coefficient (Wildman–Crippen LogP) is 0.519. The number of hydrogen-bond donors (Lipinski definition) is 1. The van der Waals surface area contributed by atoms with Crippen molar-refractivity contribution in [1.29, 1.82) is 0 Å². The van der Waals surface area contributed by atoms with Crippen molar-refractivity contribution in [2.24, 2.45) is 0 Å². The van der Waals surface area contributed by atoms with Crippen LogP contribution < -0.4 is 10.1 Å². The number of carbonyl (C=O) groups is 3. The van der Waals surface area contributed by atoms with Gasteiger partial charge in [0, 0.05) is 19.5 Å². The molecule has 0 bridgehead atoms. The molecule has 0 spiro atoms. The third-order valence-electron chi connectivity index (χ3n) is 3.76. The van der Waals surface area contributed by atoms with Crippen LogP contribution in [-0.4, -0.2) is 56.0 Å². The molecule has 0 aromatic heterocycles. The van der Waals surface area contributed by atoms with Crippen LogP contribution in [0.2, 0.25) is 0 Å². The number of nitrogens with zero attached hydrogens (tertiary/aromatic N) is 1. The molecule has 1 saturated heterocycles. The van der Waals surface area contributed by atoms with Crippen LogP contribution in [0, 0.1) is 0 Å². The Morgan fingerprint density at radius 3 is 2.79 bits per heavy atom. The van der Waals surface area contributed by atoms with Crippen molar-refractivity contribution in [1.82, 2.24) is 10.2 Å². The second-order valence-electron chi connectivity index (χ2n) is 5.49. The SMILES string of the molecule is COc1ccccc1CCNC(=O)COC(=O)CN1CCCC1=O. The predicted molar refractivity (Wildman–Crippen MR) is 86.5 cm³/mol. The molecule has 24 heavy (non-hydrogen) atoms. The maximum Gasteiger partial charge on any atom is 0.326 e. The molecule has 1 aromatic rings. The number of likely N-dealkylation sites (tertiary alicyclic amines) is 1. The Morgan fingerprint density at radius 1 is 1.29 bits per heavy atom. The van der Waals surface area contributed by atoms with Crippen LogP contribution in [0.3, 0.4) is 0 Å². The van der Waals surface area contributed by atoms with E-state index in [0.29, 0.717) is 25.9 Å². The topological polar surface area (TPSA) is 84.9 Å². The molecule has 2 rings (SSSR count).